The van der Waals surface area contributed by atoms with Gasteiger partial charge in [-0.3, -0.25) is 4.79 Å². The molecule has 0 saturated carbocycles. The Bertz CT molecular complexity index is 852. The standard InChI is InChI=1S/C20H20O6/c1-12(9-13-5-7-14(22-2)8-6-13)17(21)15-10-16(23-3)19-20(18(15)24-4)26-11-25-19/h5-10H,11H2,1-4H3/b12-9+. The normalized spacial score (nSPS) is 12.7. The highest BCUT2D eigenvalue weighted by Crippen LogP contribution is 2.49. The number of benzene rings is 2. The van der Waals surface area contributed by atoms with Crippen LogP contribution in [-0.4, -0.2) is 33.9 Å². The fourth-order valence-corrected chi connectivity index (χ4v) is 2.77. The molecule has 0 saturated heterocycles. The minimum atomic E-state index is -0.186. The van der Waals surface area contributed by atoms with Crippen molar-refractivity contribution in [1.82, 2.24) is 0 Å². The summed E-state index contributed by atoms with van der Waals surface area (Å²) in [5.74, 6) is 2.16. The Morgan fingerprint density at radius 3 is 2.31 bits per heavy atom. The Labute approximate surface area is 151 Å². The molecule has 136 valence electrons. The van der Waals surface area contributed by atoms with E-state index >= 15 is 0 Å². The van der Waals surface area contributed by atoms with E-state index in [4.69, 9.17) is 23.7 Å². The SMILES string of the molecule is COc1ccc(/C=C(\C)C(=O)c2cc(OC)c3c(c2OC)OCO3)cc1. The topological polar surface area (TPSA) is 63.2 Å². The molecule has 6 heteroatoms. The van der Waals surface area contributed by atoms with Crippen LogP contribution in [0, 0.1) is 0 Å². The van der Waals surface area contributed by atoms with Gasteiger partial charge >= 0.3 is 0 Å². The number of Topliss-reactive ketones (excluding diaryl/α,β-unsaturated/α-hetero) is 1. The predicted molar refractivity (Wildman–Crippen MR) is 96.6 cm³/mol. The maximum Gasteiger partial charge on any atom is 0.231 e. The molecule has 0 radical (unpaired) electrons. The zero-order valence-corrected chi connectivity index (χ0v) is 15.1. The quantitative estimate of drug-likeness (QED) is 0.581. The summed E-state index contributed by atoms with van der Waals surface area (Å²) in [4.78, 5) is 13.0. The monoisotopic (exact) mass is 356 g/mol. The zero-order valence-electron chi connectivity index (χ0n) is 15.1. The van der Waals surface area contributed by atoms with Crippen molar-refractivity contribution in [1.29, 1.82) is 0 Å². The Balaban J connectivity index is 1.99. The summed E-state index contributed by atoms with van der Waals surface area (Å²) in [6.45, 7) is 1.81. The molecule has 0 bridgehead atoms. The molecular formula is C20H20O6. The van der Waals surface area contributed by atoms with Crippen molar-refractivity contribution in [2.45, 2.75) is 6.92 Å². The fraction of sp³-hybridized carbons (Fsp3) is 0.250. The van der Waals surface area contributed by atoms with Crippen LogP contribution in [0.15, 0.2) is 35.9 Å². The van der Waals surface area contributed by atoms with Crippen molar-refractivity contribution in [3.05, 3.63) is 47.0 Å². The molecule has 1 heterocycles. The van der Waals surface area contributed by atoms with E-state index in [1.807, 2.05) is 24.3 Å². The van der Waals surface area contributed by atoms with Gasteiger partial charge in [0, 0.05) is 0 Å². The highest BCUT2D eigenvalue weighted by molar-refractivity contribution is 6.13. The molecule has 1 aliphatic rings. The van der Waals surface area contributed by atoms with Crippen molar-refractivity contribution < 1.29 is 28.5 Å². The summed E-state index contributed by atoms with van der Waals surface area (Å²) < 4.78 is 26.8. The highest BCUT2D eigenvalue weighted by Gasteiger charge is 2.29. The van der Waals surface area contributed by atoms with Gasteiger partial charge in [-0.1, -0.05) is 12.1 Å². The molecule has 0 aliphatic carbocycles. The smallest absolute Gasteiger partial charge is 0.231 e. The summed E-state index contributed by atoms with van der Waals surface area (Å²) in [6.07, 6.45) is 1.80. The Morgan fingerprint density at radius 1 is 1.00 bits per heavy atom. The first-order chi connectivity index (χ1) is 12.6. The van der Waals surface area contributed by atoms with Gasteiger partial charge in [0.25, 0.3) is 0 Å². The first kappa shape index (κ1) is 17.7. The highest BCUT2D eigenvalue weighted by atomic mass is 16.7. The molecule has 0 atom stereocenters. The fourth-order valence-electron chi connectivity index (χ4n) is 2.77. The number of hydrogen-bond donors (Lipinski definition) is 0. The molecule has 6 nitrogen and oxygen atoms in total. The number of fused-ring (bicyclic) bond motifs is 1. The number of ketones is 1. The molecule has 3 rings (SSSR count). The predicted octanol–water partition coefficient (Wildman–Crippen LogP) is 3.73. The average molecular weight is 356 g/mol. The second-order valence-electron chi connectivity index (χ2n) is 5.65. The van der Waals surface area contributed by atoms with Gasteiger partial charge < -0.3 is 23.7 Å². The molecule has 2 aromatic rings. The van der Waals surface area contributed by atoms with E-state index < -0.39 is 0 Å². The molecule has 1 aliphatic heterocycles. The van der Waals surface area contributed by atoms with E-state index in [1.54, 1.807) is 26.2 Å². The lowest BCUT2D eigenvalue weighted by atomic mass is 10.00. The summed E-state index contributed by atoms with van der Waals surface area (Å²) in [6, 6.07) is 9.06. The zero-order chi connectivity index (χ0) is 18.7. The van der Waals surface area contributed by atoms with Gasteiger partial charge in [-0.05, 0) is 42.3 Å². The van der Waals surface area contributed by atoms with Crippen molar-refractivity contribution >= 4 is 11.9 Å². The average Bonchev–Trinajstić information content (AvgIpc) is 3.16. The number of carbonyl (C=O) groups is 1. The lowest BCUT2D eigenvalue weighted by Crippen LogP contribution is -2.05. The minimum Gasteiger partial charge on any atom is -0.497 e. The van der Waals surface area contributed by atoms with Gasteiger partial charge in [-0.2, -0.15) is 0 Å². The maximum atomic E-state index is 13.0. The number of ether oxygens (including phenoxy) is 5. The van der Waals surface area contributed by atoms with E-state index in [0.717, 1.165) is 11.3 Å². The van der Waals surface area contributed by atoms with Crippen LogP contribution in [-0.2, 0) is 0 Å². The van der Waals surface area contributed by atoms with Crippen LogP contribution < -0.4 is 23.7 Å². The molecule has 0 unspecified atom stereocenters. The summed E-state index contributed by atoms with van der Waals surface area (Å²) in [7, 11) is 4.61. The third kappa shape index (κ3) is 3.18. The van der Waals surface area contributed by atoms with E-state index in [9.17, 15) is 4.79 Å². The molecular weight excluding hydrogens is 336 g/mol. The van der Waals surface area contributed by atoms with Crippen LogP contribution >= 0.6 is 0 Å². The lowest BCUT2D eigenvalue weighted by molar-refractivity contribution is 0.103. The number of methoxy groups -OCH3 is 3. The third-order valence-electron chi connectivity index (χ3n) is 4.09. The first-order valence-electron chi connectivity index (χ1n) is 8.00. The molecule has 0 amide bonds. The summed E-state index contributed by atoms with van der Waals surface area (Å²) >= 11 is 0. The number of rotatable bonds is 6. The lowest BCUT2D eigenvalue weighted by Gasteiger charge is -2.13. The van der Waals surface area contributed by atoms with E-state index in [0.29, 0.717) is 34.1 Å². The second kappa shape index (κ2) is 7.39. The maximum absolute atomic E-state index is 13.0. The summed E-state index contributed by atoms with van der Waals surface area (Å²) in [5, 5.41) is 0. The van der Waals surface area contributed by atoms with Crippen LogP contribution in [0.25, 0.3) is 6.08 Å². The number of carbonyl (C=O) groups excluding carboxylic acids is 1. The Kier molecular flexibility index (Phi) is 5.02. The Hall–Kier alpha value is -3.15. The molecule has 0 aromatic heterocycles. The molecule has 26 heavy (non-hydrogen) atoms. The van der Waals surface area contributed by atoms with Crippen LogP contribution in [0.3, 0.4) is 0 Å². The van der Waals surface area contributed by atoms with Crippen LogP contribution in [0.4, 0.5) is 0 Å². The van der Waals surface area contributed by atoms with Gasteiger partial charge in [-0.25, -0.2) is 0 Å². The largest absolute Gasteiger partial charge is 0.497 e. The van der Waals surface area contributed by atoms with Gasteiger partial charge in [0.05, 0.1) is 26.9 Å². The van der Waals surface area contributed by atoms with Crippen LogP contribution in [0.1, 0.15) is 22.8 Å². The van der Waals surface area contributed by atoms with Crippen molar-refractivity contribution in [3.63, 3.8) is 0 Å². The van der Waals surface area contributed by atoms with Gasteiger partial charge in [0.15, 0.2) is 17.3 Å². The third-order valence-corrected chi connectivity index (χ3v) is 4.09. The van der Waals surface area contributed by atoms with Crippen molar-refractivity contribution in [2.24, 2.45) is 0 Å². The first-order valence-corrected chi connectivity index (χ1v) is 8.00. The number of hydrogen-bond acceptors (Lipinski definition) is 6. The van der Waals surface area contributed by atoms with Crippen LogP contribution in [0.2, 0.25) is 0 Å². The molecule has 0 N–H and O–H groups in total. The van der Waals surface area contributed by atoms with Crippen LogP contribution in [0.5, 0.6) is 28.7 Å². The molecule has 0 fully saturated rings. The second-order valence-corrected chi connectivity index (χ2v) is 5.65. The van der Waals surface area contributed by atoms with E-state index in [1.165, 1.54) is 14.2 Å². The van der Waals surface area contributed by atoms with Gasteiger partial charge in [0.1, 0.15) is 5.75 Å². The molecule has 0 spiro atoms. The molecule has 2 aromatic carbocycles. The van der Waals surface area contributed by atoms with Gasteiger partial charge in [-0.15, -0.1) is 0 Å². The van der Waals surface area contributed by atoms with Crippen molar-refractivity contribution in [3.8, 4) is 28.7 Å². The summed E-state index contributed by atoms with van der Waals surface area (Å²) in [5.41, 5.74) is 1.80. The van der Waals surface area contributed by atoms with E-state index in [2.05, 4.69) is 0 Å². The van der Waals surface area contributed by atoms with Gasteiger partial charge in [0.2, 0.25) is 18.3 Å². The van der Waals surface area contributed by atoms with Crippen molar-refractivity contribution in [2.75, 3.05) is 28.1 Å². The Morgan fingerprint density at radius 2 is 1.69 bits per heavy atom. The van der Waals surface area contributed by atoms with E-state index in [-0.39, 0.29) is 12.6 Å². The number of allylic oxidation sites excluding steroid dienone is 1. The minimum absolute atomic E-state index is 0.0559.